The van der Waals surface area contributed by atoms with E-state index in [0.29, 0.717) is 22.6 Å². The second-order valence-electron chi connectivity index (χ2n) is 7.12. The van der Waals surface area contributed by atoms with Crippen LogP contribution in [-0.4, -0.2) is 25.0 Å². The molecule has 1 unspecified atom stereocenters. The van der Waals surface area contributed by atoms with Crippen LogP contribution in [0.3, 0.4) is 0 Å². The van der Waals surface area contributed by atoms with Crippen molar-refractivity contribution in [1.82, 2.24) is 0 Å². The number of benzene rings is 3. The molecular weight excluding hydrogens is 364 g/mol. The third-order valence-corrected chi connectivity index (χ3v) is 5.15. The monoisotopic (exact) mass is 386 g/mol. The van der Waals surface area contributed by atoms with Gasteiger partial charge in [-0.15, -0.1) is 0 Å². The number of amides is 2. The predicted molar refractivity (Wildman–Crippen MR) is 114 cm³/mol. The number of hydrogen-bond donors (Lipinski definition) is 1. The molecule has 4 rings (SSSR count). The zero-order valence-corrected chi connectivity index (χ0v) is 16.4. The first-order chi connectivity index (χ1) is 14.1. The zero-order valence-electron chi connectivity index (χ0n) is 16.4. The molecule has 0 saturated heterocycles. The molecule has 0 bridgehead atoms. The lowest BCUT2D eigenvalue weighted by Crippen LogP contribution is -2.35. The summed E-state index contributed by atoms with van der Waals surface area (Å²) in [4.78, 5) is 27.4. The van der Waals surface area contributed by atoms with Gasteiger partial charge >= 0.3 is 0 Å². The molecule has 1 aliphatic rings. The minimum Gasteiger partial charge on any atom is -0.497 e. The number of nitrogens with one attached hydrogen (secondary N) is 1. The largest absolute Gasteiger partial charge is 0.497 e. The van der Waals surface area contributed by atoms with E-state index in [1.165, 1.54) is 5.56 Å². The molecule has 0 fully saturated rings. The van der Waals surface area contributed by atoms with Crippen LogP contribution >= 0.6 is 0 Å². The Morgan fingerprint density at radius 2 is 1.69 bits per heavy atom. The van der Waals surface area contributed by atoms with Gasteiger partial charge in [0.25, 0.3) is 11.8 Å². The van der Waals surface area contributed by atoms with Crippen LogP contribution in [0.5, 0.6) is 5.75 Å². The summed E-state index contributed by atoms with van der Waals surface area (Å²) in [5.74, 6) is 0.378. The first-order valence-corrected chi connectivity index (χ1v) is 9.54. The van der Waals surface area contributed by atoms with Gasteiger partial charge in [-0.05, 0) is 61.4 Å². The van der Waals surface area contributed by atoms with Crippen LogP contribution in [0.2, 0.25) is 0 Å². The number of methoxy groups -OCH3 is 1. The van der Waals surface area contributed by atoms with Crippen LogP contribution in [0, 0.1) is 0 Å². The molecule has 0 radical (unpaired) electrons. The Bertz CT molecular complexity index is 1060. The van der Waals surface area contributed by atoms with Crippen LogP contribution in [-0.2, 0) is 6.42 Å². The average Bonchev–Trinajstić information content (AvgIpc) is 3.09. The number of anilines is 2. The van der Waals surface area contributed by atoms with E-state index in [1.54, 1.807) is 43.5 Å². The van der Waals surface area contributed by atoms with Crippen molar-refractivity contribution in [3.05, 3.63) is 89.5 Å². The lowest BCUT2D eigenvalue weighted by molar-refractivity contribution is 0.0978. The number of ether oxygens (including phenoxy) is 1. The number of nitrogens with zero attached hydrogens (tertiary/aromatic N) is 1. The Morgan fingerprint density at radius 3 is 2.45 bits per heavy atom. The smallest absolute Gasteiger partial charge is 0.258 e. The quantitative estimate of drug-likeness (QED) is 0.716. The highest BCUT2D eigenvalue weighted by atomic mass is 16.5. The number of carbonyl (C=O) groups excluding carboxylic acids is 2. The highest BCUT2D eigenvalue weighted by molar-refractivity contribution is 6.09. The fraction of sp³-hybridized carbons (Fsp3) is 0.167. The van der Waals surface area contributed by atoms with Crippen LogP contribution in [0.25, 0.3) is 0 Å². The molecule has 3 aromatic carbocycles. The minimum absolute atomic E-state index is 0.0535. The molecular formula is C24H22N2O3. The fourth-order valence-electron chi connectivity index (χ4n) is 3.68. The van der Waals surface area contributed by atoms with Gasteiger partial charge in [-0.1, -0.05) is 24.3 Å². The molecule has 3 aromatic rings. The Kier molecular flexibility index (Phi) is 5.04. The third kappa shape index (κ3) is 3.72. The third-order valence-electron chi connectivity index (χ3n) is 5.15. The van der Waals surface area contributed by atoms with E-state index in [0.717, 1.165) is 12.1 Å². The number of carbonyl (C=O) groups is 2. The number of hydrogen-bond acceptors (Lipinski definition) is 3. The van der Waals surface area contributed by atoms with Crippen molar-refractivity contribution < 1.29 is 14.3 Å². The highest BCUT2D eigenvalue weighted by Crippen LogP contribution is 2.33. The lowest BCUT2D eigenvalue weighted by atomic mass is 10.1. The summed E-state index contributed by atoms with van der Waals surface area (Å²) in [6.07, 6.45) is 0.850. The van der Waals surface area contributed by atoms with E-state index >= 15 is 0 Å². The fourth-order valence-corrected chi connectivity index (χ4v) is 3.68. The van der Waals surface area contributed by atoms with Crippen molar-refractivity contribution >= 4 is 23.2 Å². The Labute approximate surface area is 169 Å². The standard InChI is InChI=1S/C24H22N2O3/c1-16-14-19-6-3-4-9-22(19)26(16)24(28)18-12-10-17(11-13-18)23(27)25-20-7-5-8-21(15-20)29-2/h3-13,15-16H,14H2,1-2H3,(H,25,27). The molecule has 1 atom stereocenters. The minimum atomic E-state index is -0.239. The summed E-state index contributed by atoms with van der Waals surface area (Å²) < 4.78 is 5.17. The maximum Gasteiger partial charge on any atom is 0.258 e. The molecule has 5 nitrogen and oxygen atoms in total. The van der Waals surface area contributed by atoms with Crippen LogP contribution < -0.4 is 15.0 Å². The van der Waals surface area contributed by atoms with Gasteiger partial charge in [-0.2, -0.15) is 0 Å². The van der Waals surface area contributed by atoms with Crippen molar-refractivity contribution in [2.45, 2.75) is 19.4 Å². The summed E-state index contributed by atoms with van der Waals surface area (Å²) in [5.41, 5.74) is 3.84. The van der Waals surface area contributed by atoms with Crippen LogP contribution in [0.15, 0.2) is 72.8 Å². The van der Waals surface area contributed by atoms with E-state index in [1.807, 2.05) is 42.2 Å². The van der Waals surface area contributed by atoms with E-state index in [4.69, 9.17) is 4.74 Å². The molecule has 1 heterocycles. The summed E-state index contributed by atoms with van der Waals surface area (Å²) in [5, 5.41) is 2.84. The lowest BCUT2D eigenvalue weighted by Gasteiger charge is -2.23. The topological polar surface area (TPSA) is 58.6 Å². The van der Waals surface area contributed by atoms with E-state index in [-0.39, 0.29) is 17.9 Å². The molecule has 1 aliphatic heterocycles. The summed E-state index contributed by atoms with van der Waals surface area (Å²) in [7, 11) is 1.58. The maximum absolute atomic E-state index is 13.1. The average molecular weight is 386 g/mol. The van der Waals surface area contributed by atoms with Crippen molar-refractivity contribution in [3.63, 3.8) is 0 Å². The first kappa shape index (κ1) is 18.7. The van der Waals surface area contributed by atoms with Gasteiger partial charge < -0.3 is 15.0 Å². The molecule has 0 saturated carbocycles. The molecule has 0 aromatic heterocycles. The van der Waals surface area contributed by atoms with Gasteiger partial charge in [0.15, 0.2) is 0 Å². The Balaban J connectivity index is 1.50. The Morgan fingerprint density at radius 1 is 0.966 bits per heavy atom. The second kappa shape index (κ2) is 7.80. The molecule has 0 aliphatic carbocycles. The van der Waals surface area contributed by atoms with Gasteiger partial charge in [0.05, 0.1) is 7.11 Å². The number of para-hydroxylation sites is 1. The molecule has 29 heavy (non-hydrogen) atoms. The molecule has 0 spiro atoms. The number of fused-ring (bicyclic) bond motifs is 1. The van der Waals surface area contributed by atoms with E-state index < -0.39 is 0 Å². The summed E-state index contributed by atoms with van der Waals surface area (Å²) >= 11 is 0. The molecule has 2 amide bonds. The molecule has 1 N–H and O–H groups in total. The van der Waals surface area contributed by atoms with Gasteiger partial charge in [-0.25, -0.2) is 0 Å². The van der Waals surface area contributed by atoms with Crippen molar-refractivity contribution in [3.8, 4) is 5.75 Å². The first-order valence-electron chi connectivity index (χ1n) is 9.54. The van der Waals surface area contributed by atoms with Crippen molar-refractivity contribution in [2.24, 2.45) is 0 Å². The van der Waals surface area contributed by atoms with Gasteiger partial charge in [-0.3, -0.25) is 9.59 Å². The van der Waals surface area contributed by atoms with Crippen molar-refractivity contribution in [1.29, 1.82) is 0 Å². The Hall–Kier alpha value is -3.60. The van der Waals surface area contributed by atoms with Gasteiger partial charge in [0.2, 0.25) is 0 Å². The predicted octanol–water partition coefficient (Wildman–Crippen LogP) is 4.54. The van der Waals surface area contributed by atoms with Gasteiger partial charge in [0, 0.05) is 34.6 Å². The van der Waals surface area contributed by atoms with Gasteiger partial charge in [0.1, 0.15) is 5.75 Å². The maximum atomic E-state index is 13.1. The van der Waals surface area contributed by atoms with Crippen molar-refractivity contribution in [2.75, 3.05) is 17.3 Å². The summed E-state index contributed by atoms with van der Waals surface area (Å²) in [6.45, 7) is 2.05. The SMILES string of the molecule is COc1cccc(NC(=O)c2ccc(C(=O)N3c4ccccc4CC3C)cc2)c1. The highest BCUT2D eigenvalue weighted by Gasteiger charge is 2.31. The molecule has 5 heteroatoms. The number of rotatable bonds is 4. The molecule has 146 valence electrons. The summed E-state index contributed by atoms with van der Waals surface area (Å²) in [6, 6.07) is 22.0. The van der Waals surface area contributed by atoms with E-state index in [9.17, 15) is 9.59 Å². The van der Waals surface area contributed by atoms with Crippen LogP contribution in [0.4, 0.5) is 11.4 Å². The normalized spacial score (nSPS) is 15.0. The zero-order chi connectivity index (χ0) is 20.4. The second-order valence-corrected chi connectivity index (χ2v) is 7.12. The van der Waals surface area contributed by atoms with E-state index in [2.05, 4.69) is 11.4 Å². The van der Waals surface area contributed by atoms with Crippen LogP contribution in [0.1, 0.15) is 33.2 Å².